The molecule has 0 saturated heterocycles. The van der Waals surface area contributed by atoms with Crippen LogP contribution in [0.5, 0.6) is 0 Å². The summed E-state index contributed by atoms with van der Waals surface area (Å²) >= 11 is 1.69. The summed E-state index contributed by atoms with van der Waals surface area (Å²) in [7, 11) is 0. The van der Waals surface area contributed by atoms with E-state index < -0.39 is 0 Å². The Morgan fingerprint density at radius 3 is 3.16 bits per heavy atom. The van der Waals surface area contributed by atoms with Crippen LogP contribution in [0, 0.1) is 0 Å². The Labute approximate surface area is 118 Å². The third kappa shape index (κ3) is 2.80. The first-order valence-corrected chi connectivity index (χ1v) is 7.74. The molecule has 1 atom stereocenters. The van der Waals surface area contributed by atoms with Gasteiger partial charge in [0.05, 0.1) is 5.69 Å². The van der Waals surface area contributed by atoms with Crippen molar-refractivity contribution in [1.82, 2.24) is 10.3 Å². The molecule has 3 rings (SSSR count). The van der Waals surface area contributed by atoms with Gasteiger partial charge in [0, 0.05) is 18.0 Å². The molecule has 0 fully saturated rings. The van der Waals surface area contributed by atoms with Crippen molar-refractivity contribution in [3.63, 3.8) is 0 Å². The lowest BCUT2D eigenvalue weighted by atomic mass is 9.94. The molecular formula is C15H19N3S. The number of rotatable bonds is 4. The fraction of sp³-hybridized carbons (Fsp3) is 0.400. The maximum Gasteiger partial charge on any atom is 0.182 e. The molecular weight excluding hydrogens is 254 g/mol. The van der Waals surface area contributed by atoms with Gasteiger partial charge in [-0.15, -0.1) is 11.3 Å². The van der Waals surface area contributed by atoms with Gasteiger partial charge in [0.25, 0.3) is 0 Å². The average Bonchev–Trinajstić information content (AvgIpc) is 2.93. The van der Waals surface area contributed by atoms with Crippen LogP contribution in [0.25, 0.3) is 0 Å². The molecule has 3 nitrogen and oxygen atoms in total. The molecule has 1 aliphatic rings. The number of thiazole rings is 1. The lowest BCUT2D eigenvalue weighted by molar-refractivity contribution is 0.523. The van der Waals surface area contributed by atoms with Gasteiger partial charge in [-0.05, 0) is 30.5 Å². The Bertz CT molecular complexity index is 550. The first kappa shape index (κ1) is 12.6. The van der Waals surface area contributed by atoms with Crippen molar-refractivity contribution >= 4 is 16.5 Å². The summed E-state index contributed by atoms with van der Waals surface area (Å²) in [4.78, 5) is 4.55. The molecule has 1 unspecified atom stereocenters. The van der Waals surface area contributed by atoms with Gasteiger partial charge in [-0.3, -0.25) is 0 Å². The molecule has 0 radical (unpaired) electrons. The Balaban J connectivity index is 1.68. The average molecular weight is 273 g/mol. The highest BCUT2D eigenvalue weighted by molar-refractivity contribution is 7.13. The second kappa shape index (κ2) is 5.72. The number of anilines is 1. The Morgan fingerprint density at radius 2 is 2.32 bits per heavy atom. The largest absolute Gasteiger partial charge is 0.360 e. The van der Waals surface area contributed by atoms with E-state index >= 15 is 0 Å². The standard InChI is InChI=1S/C15H19N3S/c1-2-12-10-19-15(18-12)17-9-14-13-6-4-3-5-11(13)7-8-16-14/h3-6,10,14,16H,2,7-9H2,1H3,(H,17,18). The first-order chi connectivity index (χ1) is 9.36. The molecule has 100 valence electrons. The molecule has 0 amide bonds. The van der Waals surface area contributed by atoms with E-state index in [1.807, 2.05) is 0 Å². The van der Waals surface area contributed by atoms with Gasteiger partial charge >= 0.3 is 0 Å². The minimum absolute atomic E-state index is 0.388. The number of fused-ring (bicyclic) bond motifs is 1. The van der Waals surface area contributed by atoms with Gasteiger partial charge in [-0.2, -0.15) is 0 Å². The van der Waals surface area contributed by atoms with Crippen LogP contribution >= 0.6 is 11.3 Å². The SMILES string of the molecule is CCc1csc(NCC2NCCc3ccccc32)n1. The molecule has 0 bridgehead atoms. The van der Waals surface area contributed by atoms with Gasteiger partial charge in [-0.1, -0.05) is 31.2 Å². The Morgan fingerprint density at radius 1 is 1.42 bits per heavy atom. The summed E-state index contributed by atoms with van der Waals surface area (Å²) in [5.74, 6) is 0. The summed E-state index contributed by atoms with van der Waals surface area (Å²) < 4.78 is 0. The lowest BCUT2D eigenvalue weighted by Crippen LogP contribution is -2.34. The molecule has 1 aromatic heterocycles. The highest BCUT2D eigenvalue weighted by atomic mass is 32.1. The second-order valence-corrected chi connectivity index (χ2v) is 5.69. The van der Waals surface area contributed by atoms with Crippen molar-refractivity contribution in [1.29, 1.82) is 0 Å². The van der Waals surface area contributed by atoms with Crippen molar-refractivity contribution in [3.05, 3.63) is 46.5 Å². The predicted octanol–water partition coefficient (Wildman–Crippen LogP) is 3.00. The van der Waals surface area contributed by atoms with Crippen molar-refractivity contribution in [2.24, 2.45) is 0 Å². The van der Waals surface area contributed by atoms with Crippen LogP contribution in [0.1, 0.15) is 29.8 Å². The van der Waals surface area contributed by atoms with Gasteiger partial charge in [0.15, 0.2) is 5.13 Å². The third-order valence-corrected chi connectivity index (χ3v) is 4.44. The fourth-order valence-corrected chi connectivity index (χ4v) is 3.32. The molecule has 2 heterocycles. The van der Waals surface area contributed by atoms with E-state index in [0.29, 0.717) is 6.04 Å². The fourth-order valence-electron chi connectivity index (χ4n) is 2.51. The van der Waals surface area contributed by atoms with Crippen LogP contribution in [0.15, 0.2) is 29.6 Å². The molecule has 0 saturated carbocycles. The topological polar surface area (TPSA) is 37.0 Å². The summed E-state index contributed by atoms with van der Waals surface area (Å²) in [5, 5.41) is 10.2. The number of aryl methyl sites for hydroxylation is 1. The highest BCUT2D eigenvalue weighted by Gasteiger charge is 2.18. The zero-order valence-electron chi connectivity index (χ0n) is 11.1. The monoisotopic (exact) mass is 273 g/mol. The maximum absolute atomic E-state index is 4.55. The van der Waals surface area contributed by atoms with Crippen LogP contribution in [-0.2, 0) is 12.8 Å². The molecule has 2 N–H and O–H groups in total. The lowest BCUT2D eigenvalue weighted by Gasteiger charge is -2.27. The quantitative estimate of drug-likeness (QED) is 0.899. The molecule has 19 heavy (non-hydrogen) atoms. The van der Waals surface area contributed by atoms with Gasteiger partial charge < -0.3 is 10.6 Å². The van der Waals surface area contributed by atoms with E-state index in [1.165, 1.54) is 16.8 Å². The van der Waals surface area contributed by atoms with E-state index in [2.05, 4.69) is 52.2 Å². The summed E-state index contributed by atoms with van der Waals surface area (Å²) in [5.41, 5.74) is 4.07. The van der Waals surface area contributed by atoms with E-state index in [0.717, 1.165) is 31.1 Å². The minimum Gasteiger partial charge on any atom is -0.360 e. The zero-order chi connectivity index (χ0) is 13.1. The summed E-state index contributed by atoms with van der Waals surface area (Å²) in [6.45, 7) is 4.09. The summed E-state index contributed by atoms with van der Waals surface area (Å²) in [6.07, 6.45) is 2.13. The van der Waals surface area contributed by atoms with E-state index in [9.17, 15) is 0 Å². The van der Waals surface area contributed by atoms with E-state index in [4.69, 9.17) is 0 Å². The predicted molar refractivity (Wildman–Crippen MR) is 80.9 cm³/mol. The zero-order valence-corrected chi connectivity index (χ0v) is 12.0. The van der Waals surface area contributed by atoms with Crippen molar-refractivity contribution in [2.75, 3.05) is 18.4 Å². The Hall–Kier alpha value is -1.39. The van der Waals surface area contributed by atoms with E-state index in [-0.39, 0.29) is 0 Å². The van der Waals surface area contributed by atoms with Crippen molar-refractivity contribution < 1.29 is 0 Å². The molecule has 2 aromatic rings. The first-order valence-electron chi connectivity index (χ1n) is 6.86. The van der Waals surface area contributed by atoms with Crippen molar-refractivity contribution in [3.8, 4) is 0 Å². The number of hydrogen-bond acceptors (Lipinski definition) is 4. The third-order valence-electron chi connectivity index (χ3n) is 3.59. The smallest absolute Gasteiger partial charge is 0.182 e. The van der Waals surface area contributed by atoms with E-state index in [1.54, 1.807) is 11.3 Å². The van der Waals surface area contributed by atoms with Gasteiger partial charge in [0.2, 0.25) is 0 Å². The minimum atomic E-state index is 0.388. The molecule has 1 aromatic carbocycles. The van der Waals surface area contributed by atoms with Gasteiger partial charge in [0.1, 0.15) is 0 Å². The number of hydrogen-bond donors (Lipinski definition) is 2. The normalized spacial score (nSPS) is 18.1. The second-order valence-electron chi connectivity index (χ2n) is 4.83. The highest BCUT2D eigenvalue weighted by Crippen LogP contribution is 2.24. The van der Waals surface area contributed by atoms with Crippen LogP contribution < -0.4 is 10.6 Å². The molecule has 0 spiro atoms. The summed E-state index contributed by atoms with van der Waals surface area (Å²) in [6, 6.07) is 9.11. The number of aromatic nitrogens is 1. The van der Waals surface area contributed by atoms with Crippen LogP contribution in [0.2, 0.25) is 0 Å². The van der Waals surface area contributed by atoms with Crippen LogP contribution in [0.3, 0.4) is 0 Å². The molecule has 4 heteroatoms. The van der Waals surface area contributed by atoms with Crippen LogP contribution in [-0.4, -0.2) is 18.1 Å². The van der Waals surface area contributed by atoms with Gasteiger partial charge in [-0.25, -0.2) is 4.98 Å². The molecule has 0 aliphatic carbocycles. The van der Waals surface area contributed by atoms with Crippen LogP contribution in [0.4, 0.5) is 5.13 Å². The Kier molecular flexibility index (Phi) is 3.80. The number of nitrogens with one attached hydrogen (secondary N) is 2. The molecule has 1 aliphatic heterocycles. The number of benzene rings is 1. The number of nitrogens with zero attached hydrogens (tertiary/aromatic N) is 1. The van der Waals surface area contributed by atoms with Crippen molar-refractivity contribution in [2.45, 2.75) is 25.8 Å². The maximum atomic E-state index is 4.55.